The molecule has 0 saturated heterocycles. The summed E-state index contributed by atoms with van der Waals surface area (Å²) in [4.78, 5) is 9.88. The number of ketones is 1. The number of carbonyl (C=O) groups excluding carboxylic acids is 1. The zero-order valence-electron chi connectivity index (χ0n) is 3.77. The van der Waals surface area contributed by atoms with Gasteiger partial charge in [-0.25, -0.2) is 0 Å². The van der Waals surface area contributed by atoms with Crippen LogP contribution in [0.3, 0.4) is 0 Å². The number of carbonyl (C=O) groups is 1. The van der Waals surface area contributed by atoms with E-state index in [1.807, 2.05) is 0 Å². The van der Waals surface area contributed by atoms with Crippen molar-refractivity contribution in [3.05, 3.63) is 0 Å². The van der Waals surface area contributed by atoms with E-state index in [1.54, 1.807) is 0 Å². The molecule has 3 heteroatoms. The number of hydrogen-bond acceptors (Lipinski definition) is 2. The molecule has 0 aromatic rings. The van der Waals surface area contributed by atoms with Crippen LogP contribution in [0.1, 0.15) is 13.3 Å². The van der Waals surface area contributed by atoms with Crippen molar-refractivity contribution in [3.8, 4) is 0 Å². The predicted octanol–water partition coefficient (Wildman–Crippen LogP) is -0.691. The minimum absolute atomic E-state index is 0. The second-order valence-corrected chi connectivity index (χ2v) is 1.18. The van der Waals surface area contributed by atoms with E-state index in [0.29, 0.717) is 6.42 Å². The molecule has 0 radical (unpaired) electrons. The van der Waals surface area contributed by atoms with Crippen LogP contribution >= 0.6 is 0 Å². The van der Waals surface area contributed by atoms with Gasteiger partial charge in [0.1, 0.15) is 5.78 Å². The Morgan fingerprint density at radius 3 is 2.14 bits per heavy atom. The first-order chi connectivity index (χ1) is 2.77. The number of Topliss-reactive ketones (excluding diaryl/α,β-unsaturated/α-hetero) is 1. The molecule has 0 heterocycles. The topological polar surface area (TPSA) is 37.3 Å². The van der Waals surface area contributed by atoms with Gasteiger partial charge in [0, 0.05) is 13.0 Å². The van der Waals surface area contributed by atoms with Crippen molar-refractivity contribution in [3.63, 3.8) is 0 Å². The molecule has 0 aromatic carbocycles. The summed E-state index contributed by atoms with van der Waals surface area (Å²) in [5.41, 5.74) is 0. The molecule has 0 saturated carbocycles. The average molecular weight is 112 g/mol. The molecular formula is C4H9NaO2. The van der Waals surface area contributed by atoms with E-state index in [4.69, 9.17) is 5.11 Å². The summed E-state index contributed by atoms with van der Waals surface area (Å²) in [5, 5.41) is 8.02. The van der Waals surface area contributed by atoms with Gasteiger partial charge in [-0.1, -0.05) is 0 Å². The van der Waals surface area contributed by atoms with E-state index in [2.05, 4.69) is 0 Å². The van der Waals surface area contributed by atoms with E-state index in [9.17, 15) is 4.79 Å². The Hall–Kier alpha value is 0.630. The van der Waals surface area contributed by atoms with Crippen LogP contribution in [0, 0.1) is 0 Å². The van der Waals surface area contributed by atoms with E-state index >= 15 is 0 Å². The molecule has 0 atom stereocenters. The summed E-state index contributed by atoms with van der Waals surface area (Å²) in [6.45, 7) is 1.44. The second-order valence-electron chi connectivity index (χ2n) is 1.18. The minimum atomic E-state index is -0.0185. The van der Waals surface area contributed by atoms with Crippen LogP contribution in [0.5, 0.6) is 0 Å². The summed E-state index contributed by atoms with van der Waals surface area (Å²) in [7, 11) is 0. The van der Waals surface area contributed by atoms with Gasteiger partial charge in [-0.15, -0.1) is 0 Å². The van der Waals surface area contributed by atoms with E-state index in [1.165, 1.54) is 6.92 Å². The third kappa shape index (κ3) is 10.8. The van der Waals surface area contributed by atoms with Crippen LogP contribution in [0.15, 0.2) is 0 Å². The van der Waals surface area contributed by atoms with Gasteiger partial charge in [0.15, 0.2) is 0 Å². The fourth-order valence-corrected chi connectivity index (χ4v) is 0.157. The first-order valence-electron chi connectivity index (χ1n) is 1.87. The number of aliphatic hydroxyl groups excluding tert-OH is 1. The normalized spacial score (nSPS) is 7.14. The average Bonchev–Trinajstić information content (AvgIpc) is 1.35. The maximum atomic E-state index is 9.88. The molecule has 0 fully saturated rings. The molecular weight excluding hydrogens is 103 g/mol. The SMILES string of the molecule is CC(=O)CCO.[NaH]. The first-order valence-corrected chi connectivity index (χ1v) is 1.87. The van der Waals surface area contributed by atoms with Gasteiger partial charge in [0.2, 0.25) is 0 Å². The van der Waals surface area contributed by atoms with Gasteiger partial charge in [-0.2, -0.15) is 0 Å². The number of aliphatic hydroxyl groups is 1. The Morgan fingerprint density at radius 1 is 1.71 bits per heavy atom. The molecule has 0 amide bonds. The van der Waals surface area contributed by atoms with Gasteiger partial charge in [-0.05, 0) is 6.92 Å². The second kappa shape index (κ2) is 6.63. The van der Waals surface area contributed by atoms with E-state index < -0.39 is 0 Å². The van der Waals surface area contributed by atoms with Crippen molar-refractivity contribution >= 4 is 35.3 Å². The zero-order chi connectivity index (χ0) is 4.99. The molecule has 38 valence electrons. The van der Waals surface area contributed by atoms with Crippen LogP contribution in [0.4, 0.5) is 0 Å². The van der Waals surface area contributed by atoms with Crippen LogP contribution in [0.2, 0.25) is 0 Å². The van der Waals surface area contributed by atoms with Crippen molar-refractivity contribution < 1.29 is 9.90 Å². The molecule has 0 aliphatic heterocycles. The molecule has 0 aliphatic carbocycles. The Bertz CT molecular complexity index is 53.7. The van der Waals surface area contributed by atoms with E-state index in [-0.39, 0.29) is 41.9 Å². The fourth-order valence-electron chi connectivity index (χ4n) is 0.157. The molecule has 0 bridgehead atoms. The van der Waals surface area contributed by atoms with Crippen molar-refractivity contribution in [2.24, 2.45) is 0 Å². The Kier molecular flexibility index (Phi) is 10.0. The van der Waals surface area contributed by atoms with Gasteiger partial charge in [0.05, 0.1) is 0 Å². The summed E-state index contributed by atoms with van der Waals surface area (Å²) in [5.74, 6) is 0.0394. The quantitative estimate of drug-likeness (QED) is 0.480. The van der Waals surface area contributed by atoms with Crippen molar-refractivity contribution in [1.82, 2.24) is 0 Å². The molecule has 2 nitrogen and oxygen atoms in total. The molecule has 0 spiro atoms. The molecule has 0 unspecified atom stereocenters. The van der Waals surface area contributed by atoms with Crippen LogP contribution in [-0.4, -0.2) is 47.1 Å². The Labute approximate surface area is 65.2 Å². The third-order valence-corrected chi connectivity index (χ3v) is 0.464. The van der Waals surface area contributed by atoms with Gasteiger partial charge < -0.3 is 5.11 Å². The number of rotatable bonds is 2. The Balaban J connectivity index is 0. The van der Waals surface area contributed by atoms with Crippen molar-refractivity contribution in [2.45, 2.75) is 13.3 Å². The molecule has 0 aromatic heterocycles. The molecule has 0 aliphatic rings. The van der Waals surface area contributed by atoms with Crippen LogP contribution in [0.25, 0.3) is 0 Å². The summed E-state index contributed by atoms with van der Waals surface area (Å²) < 4.78 is 0. The summed E-state index contributed by atoms with van der Waals surface area (Å²) in [6, 6.07) is 0. The zero-order valence-corrected chi connectivity index (χ0v) is 3.77. The van der Waals surface area contributed by atoms with Crippen LogP contribution < -0.4 is 0 Å². The van der Waals surface area contributed by atoms with Crippen LogP contribution in [-0.2, 0) is 4.79 Å². The molecule has 1 N–H and O–H groups in total. The predicted molar refractivity (Wildman–Crippen MR) is 29.5 cm³/mol. The summed E-state index contributed by atoms with van der Waals surface area (Å²) in [6.07, 6.45) is 0.292. The molecule has 0 rings (SSSR count). The third-order valence-electron chi connectivity index (χ3n) is 0.464. The van der Waals surface area contributed by atoms with Crippen molar-refractivity contribution in [2.75, 3.05) is 6.61 Å². The van der Waals surface area contributed by atoms with Gasteiger partial charge >= 0.3 is 29.6 Å². The van der Waals surface area contributed by atoms with E-state index in [0.717, 1.165) is 0 Å². The standard InChI is InChI=1S/C4H8O2.Na.H/c1-4(6)2-3-5;;/h5H,2-3H2,1H3;;. The van der Waals surface area contributed by atoms with Crippen molar-refractivity contribution in [1.29, 1.82) is 0 Å². The fraction of sp³-hybridized carbons (Fsp3) is 0.750. The maximum absolute atomic E-state index is 9.88. The summed E-state index contributed by atoms with van der Waals surface area (Å²) >= 11 is 0. The van der Waals surface area contributed by atoms with Gasteiger partial charge in [-0.3, -0.25) is 4.79 Å². The van der Waals surface area contributed by atoms with Gasteiger partial charge in [0.25, 0.3) is 0 Å². The first kappa shape index (κ1) is 10.6. The molecule has 7 heavy (non-hydrogen) atoms. The Morgan fingerprint density at radius 2 is 2.14 bits per heavy atom. The number of hydrogen-bond donors (Lipinski definition) is 1. The monoisotopic (exact) mass is 112 g/mol.